The maximum atomic E-state index is 6.56. The van der Waals surface area contributed by atoms with E-state index < -0.39 is 9.04 Å². The molecule has 0 aromatic heterocycles. The Balaban J connectivity index is 2.32. The molecule has 0 aliphatic carbocycles. The number of allylic oxidation sites excluding steroid dienone is 2. The number of rotatable bonds is 9. The molecule has 0 aliphatic rings. The van der Waals surface area contributed by atoms with Crippen LogP contribution in [0.2, 0.25) is 12.1 Å². The van der Waals surface area contributed by atoms with Crippen molar-refractivity contribution in [2.45, 2.75) is 38.0 Å². The Labute approximate surface area is 136 Å². The predicted octanol–water partition coefficient (Wildman–Crippen LogP) is 5.79. The summed E-state index contributed by atoms with van der Waals surface area (Å²) < 4.78 is 6.56. The molecule has 2 aromatic rings. The zero-order valence-corrected chi connectivity index (χ0v) is 14.7. The third kappa shape index (κ3) is 4.18. The molecule has 0 heterocycles. The molecule has 0 saturated carbocycles. The van der Waals surface area contributed by atoms with Crippen LogP contribution in [0.15, 0.2) is 67.8 Å². The van der Waals surface area contributed by atoms with Gasteiger partial charge in [-0.05, 0) is 34.8 Å². The van der Waals surface area contributed by atoms with Gasteiger partial charge in [0.1, 0.15) is 0 Å². The lowest BCUT2D eigenvalue weighted by Crippen LogP contribution is -2.20. The minimum Gasteiger partial charge on any atom is -0.413 e. The zero-order valence-electron chi connectivity index (χ0n) is 13.5. The highest BCUT2D eigenvalue weighted by Gasteiger charge is 2.19. The van der Waals surface area contributed by atoms with Gasteiger partial charge in [0, 0.05) is 0 Å². The van der Waals surface area contributed by atoms with Crippen molar-refractivity contribution in [3.63, 3.8) is 0 Å². The van der Waals surface area contributed by atoms with Crippen molar-refractivity contribution in [1.29, 1.82) is 0 Å². The summed E-state index contributed by atoms with van der Waals surface area (Å²) in [5.74, 6) is 0. The van der Waals surface area contributed by atoms with Gasteiger partial charge in [0.2, 0.25) is 0 Å². The second-order valence-corrected chi connectivity index (χ2v) is 8.11. The van der Waals surface area contributed by atoms with E-state index in [1.165, 1.54) is 16.3 Å². The van der Waals surface area contributed by atoms with Crippen LogP contribution in [0.4, 0.5) is 0 Å². The average Bonchev–Trinajstić information content (AvgIpc) is 2.54. The first-order valence-electron chi connectivity index (χ1n) is 8.15. The molecule has 0 radical (unpaired) electrons. The molecular formula is C20H26OSi. The highest BCUT2D eigenvalue weighted by atomic mass is 28.3. The molecule has 116 valence electrons. The van der Waals surface area contributed by atoms with E-state index in [1.807, 2.05) is 12.2 Å². The Morgan fingerprint density at radius 2 is 1.73 bits per heavy atom. The van der Waals surface area contributed by atoms with Crippen molar-refractivity contribution in [1.82, 2.24) is 0 Å². The van der Waals surface area contributed by atoms with Crippen LogP contribution < -0.4 is 0 Å². The van der Waals surface area contributed by atoms with E-state index in [1.54, 1.807) is 0 Å². The molecule has 0 amide bonds. The van der Waals surface area contributed by atoms with Gasteiger partial charge in [-0.25, -0.2) is 0 Å². The highest BCUT2D eigenvalue weighted by Crippen LogP contribution is 2.31. The predicted molar refractivity (Wildman–Crippen MR) is 99.8 cm³/mol. The standard InChI is InChI=1S/C20H26OSi/c1-4-10-20(21-22(15-5-2)16-6-3)19-14-9-12-17-11-7-8-13-18(17)19/h5-9,11-14,20,22H,2-4,10,15-16H2,1H3. The maximum Gasteiger partial charge on any atom is 0.185 e. The van der Waals surface area contributed by atoms with Gasteiger partial charge in [-0.3, -0.25) is 0 Å². The summed E-state index contributed by atoms with van der Waals surface area (Å²) in [7, 11) is -1.31. The van der Waals surface area contributed by atoms with Crippen molar-refractivity contribution in [2.24, 2.45) is 0 Å². The molecule has 0 bridgehead atoms. The molecular weight excluding hydrogens is 284 g/mol. The quantitative estimate of drug-likeness (QED) is 0.420. The average molecular weight is 311 g/mol. The van der Waals surface area contributed by atoms with Crippen LogP contribution in [0.1, 0.15) is 31.4 Å². The molecule has 22 heavy (non-hydrogen) atoms. The first-order valence-corrected chi connectivity index (χ1v) is 10.3. The van der Waals surface area contributed by atoms with E-state index in [2.05, 4.69) is 62.5 Å². The first kappa shape index (κ1) is 16.7. The molecule has 0 spiro atoms. The number of benzene rings is 2. The summed E-state index contributed by atoms with van der Waals surface area (Å²) in [6.07, 6.45) is 6.36. The SMILES string of the molecule is C=CC[SiH](CC=C)OC(CCC)c1cccc2ccccc12. The maximum absolute atomic E-state index is 6.56. The minimum atomic E-state index is -1.31. The fourth-order valence-corrected chi connectivity index (χ4v) is 4.81. The molecule has 0 N–H and O–H groups in total. The largest absolute Gasteiger partial charge is 0.413 e. The summed E-state index contributed by atoms with van der Waals surface area (Å²) in [5, 5.41) is 2.60. The zero-order chi connectivity index (χ0) is 15.8. The Bertz CT molecular complexity index is 605. The van der Waals surface area contributed by atoms with E-state index in [0.29, 0.717) is 0 Å². The van der Waals surface area contributed by atoms with Crippen molar-refractivity contribution >= 4 is 19.8 Å². The van der Waals surface area contributed by atoms with E-state index in [0.717, 1.165) is 24.9 Å². The van der Waals surface area contributed by atoms with Gasteiger partial charge in [0.25, 0.3) is 0 Å². The Kier molecular flexibility index (Phi) is 6.62. The van der Waals surface area contributed by atoms with Crippen LogP contribution in [0.5, 0.6) is 0 Å². The Hall–Kier alpha value is -1.64. The molecule has 2 rings (SSSR count). The summed E-state index contributed by atoms with van der Waals surface area (Å²) in [6, 6.07) is 17.1. The first-order chi connectivity index (χ1) is 10.8. The molecule has 1 nitrogen and oxygen atoms in total. The van der Waals surface area contributed by atoms with Crippen molar-refractivity contribution in [3.05, 3.63) is 73.3 Å². The van der Waals surface area contributed by atoms with Crippen molar-refractivity contribution < 1.29 is 4.43 Å². The lowest BCUT2D eigenvalue weighted by molar-refractivity contribution is 0.195. The molecule has 1 unspecified atom stereocenters. The highest BCUT2D eigenvalue weighted by molar-refractivity contribution is 6.53. The molecule has 1 atom stereocenters. The topological polar surface area (TPSA) is 9.23 Å². The van der Waals surface area contributed by atoms with E-state index in [-0.39, 0.29) is 6.10 Å². The van der Waals surface area contributed by atoms with Crippen LogP contribution in [0.3, 0.4) is 0 Å². The van der Waals surface area contributed by atoms with Gasteiger partial charge in [-0.1, -0.05) is 68.0 Å². The summed E-state index contributed by atoms with van der Waals surface area (Å²) >= 11 is 0. The van der Waals surface area contributed by atoms with Crippen LogP contribution in [-0.2, 0) is 4.43 Å². The summed E-state index contributed by atoms with van der Waals surface area (Å²) in [5.41, 5.74) is 1.32. The number of fused-ring (bicyclic) bond motifs is 1. The van der Waals surface area contributed by atoms with Gasteiger partial charge in [0.05, 0.1) is 6.10 Å². The third-order valence-electron chi connectivity index (χ3n) is 3.94. The summed E-state index contributed by atoms with van der Waals surface area (Å²) in [4.78, 5) is 0. The Morgan fingerprint density at radius 3 is 2.41 bits per heavy atom. The minimum absolute atomic E-state index is 0.188. The molecule has 0 aliphatic heterocycles. The van der Waals surface area contributed by atoms with E-state index in [9.17, 15) is 0 Å². The fraction of sp³-hybridized carbons (Fsp3) is 0.300. The lowest BCUT2D eigenvalue weighted by Gasteiger charge is -2.24. The fourth-order valence-electron chi connectivity index (χ4n) is 2.90. The van der Waals surface area contributed by atoms with Gasteiger partial charge in [0.15, 0.2) is 9.04 Å². The van der Waals surface area contributed by atoms with E-state index >= 15 is 0 Å². The molecule has 0 saturated heterocycles. The van der Waals surface area contributed by atoms with Crippen molar-refractivity contribution in [2.75, 3.05) is 0 Å². The smallest absolute Gasteiger partial charge is 0.185 e. The van der Waals surface area contributed by atoms with Crippen LogP contribution in [0, 0.1) is 0 Å². The number of hydrogen-bond acceptors (Lipinski definition) is 1. The Morgan fingerprint density at radius 1 is 1.05 bits per heavy atom. The van der Waals surface area contributed by atoms with Gasteiger partial charge in [-0.2, -0.15) is 0 Å². The van der Waals surface area contributed by atoms with Crippen LogP contribution in [-0.4, -0.2) is 9.04 Å². The lowest BCUT2D eigenvalue weighted by atomic mass is 9.98. The normalized spacial score (nSPS) is 12.5. The number of hydrogen-bond donors (Lipinski definition) is 0. The molecule has 0 fully saturated rings. The van der Waals surface area contributed by atoms with Gasteiger partial charge >= 0.3 is 0 Å². The van der Waals surface area contributed by atoms with Crippen LogP contribution >= 0.6 is 0 Å². The monoisotopic (exact) mass is 310 g/mol. The molecule has 2 aromatic carbocycles. The van der Waals surface area contributed by atoms with E-state index in [4.69, 9.17) is 4.43 Å². The second kappa shape index (κ2) is 8.72. The van der Waals surface area contributed by atoms with Crippen LogP contribution in [0.25, 0.3) is 10.8 Å². The van der Waals surface area contributed by atoms with Gasteiger partial charge < -0.3 is 4.43 Å². The molecule has 2 heteroatoms. The van der Waals surface area contributed by atoms with Gasteiger partial charge in [-0.15, -0.1) is 13.2 Å². The summed E-state index contributed by atoms with van der Waals surface area (Å²) in [6.45, 7) is 9.98. The second-order valence-electron chi connectivity index (χ2n) is 5.65. The van der Waals surface area contributed by atoms with Crippen molar-refractivity contribution in [3.8, 4) is 0 Å². The third-order valence-corrected chi connectivity index (χ3v) is 6.37.